The van der Waals surface area contributed by atoms with Gasteiger partial charge in [0.15, 0.2) is 0 Å². The molecule has 2 saturated heterocycles. The maximum atomic E-state index is 13.7. The van der Waals surface area contributed by atoms with E-state index in [2.05, 4.69) is 29.2 Å². The summed E-state index contributed by atoms with van der Waals surface area (Å²) >= 11 is 0. The molecule has 0 aliphatic carbocycles. The van der Waals surface area contributed by atoms with Crippen LogP contribution in [0.4, 0.5) is 4.39 Å². The maximum absolute atomic E-state index is 13.7. The van der Waals surface area contributed by atoms with Gasteiger partial charge in [-0.25, -0.2) is 12.8 Å². The van der Waals surface area contributed by atoms with Crippen molar-refractivity contribution in [3.8, 4) is 11.1 Å². The molecule has 0 radical (unpaired) electrons. The van der Waals surface area contributed by atoms with Gasteiger partial charge in [0.1, 0.15) is 5.82 Å². The van der Waals surface area contributed by atoms with Crippen molar-refractivity contribution in [3.05, 3.63) is 89.2 Å². The second-order valence-corrected chi connectivity index (χ2v) is 12.2. The largest absolute Gasteiger partial charge is 0.383 e. The normalized spacial score (nSPS) is 23.1. The number of ether oxygens (including phenoxy) is 1. The smallest absolute Gasteiger partial charge is 0.243 e. The zero-order valence-electron chi connectivity index (χ0n) is 21.7. The second-order valence-electron chi connectivity index (χ2n) is 10.3. The van der Waals surface area contributed by atoms with E-state index in [1.807, 2.05) is 32.0 Å². The fourth-order valence-corrected chi connectivity index (χ4v) is 7.82. The Balaban J connectivity index is 1.45. The topological polar surface area (TPSA) is 49.9 Å². The molecule has 0 amide bonds. The van der Waals surface area contributed by atoms with Gasteiger partial charge < -0.3 is 4.74 Å². The third kappa shape index (κ3) is 4.98. The molecule has 3 aromatic rings. The Kier molecular flexibility index (Phi) is 7.50. The van der Waals surface area contributed by atoms with E-state index in [1.54, 1.807) is 29.6 Å². The van der Waals surface area contributed by atoms with Crippen LogP contribution >= 0.6 is 0 Å². The van der Waals surface area contributed by atoms with Crippen molar-refractivity contribution >= 4 is 10.0 Å². The van der Waals surface area contributed by atoms with Crippen LogP contribution in [0.1, 0.15) is 35.4 Å². The summed E-state index contributed by atoms with van der Waals surface area (Å²) in [5.41, 5.74) is 4.91. The Morgan fingerprint density at radius 1 is 0.946 bits per heavy atom. The highest BCUT2D eigenvalue weighted by molar-refractivity contribution is 7.89. The Morgan fingerprint density at radius 2 is 1.68 bits per heavy atom. The Bertz CT molecular complexity index is 1360. The summed E-state index contributed by atoms with van der Waals surface area (Å²) in [7, 11) is -1.87. The van der Waals surface area contributed by atoms with E-state index in [0.29, 0.717) is 24.6 Å². The number of rotatable bonds is 6. The summed E-state index contributed by atoms with van der Waals surface area (Å²) < 4.78 is 48.3. The Hall–Kier alpha value is -2.58. The molecule has 0 spiro atoms. The molecule has 7 heteroatoms. The highest BCUT2D eigenvalue weighted by atomic mass is 32.2. The first-order chi connectivity index (χ1) is 17.8. The number of aryl methyl sites for hydroxylation is 2. The first-order valence-corrected chi connectivity index (χ1v) is 14.4. The van der Waals surface area contributed by atoms with Gasteiger partial charge in [0, 0.05) is 38.2 Å². The van der Waals surface area contributed by atoms with Crippen LogP contribution in [-0.4, -0.2) is 63.1 Å². The number of methoxy groups -OCH3 is 1. The van der Waals surface area contributed by atoms with E-state index in [1.165, 1.54) is 11.6 Å². The average molecular weight is 523 g/mol. The monoisotopic (exact) mass is 522 g/mol. The zero-order valence-corrected chi connectivity index (χ0v) is 22.5. The molecule has 2 aliphatic heterocycles. The minimum absolute atomic E-state index is 0.0812. The molecule has 0 saturated carbocycles. The molecule has 0 bridgehead atoms. The van der Waals surface area contributed by atoms with Gasteiger partial charge in [0.2, 0.25) is 10.0 Å². The van der Waals surface area contributed by atoms with Crippen molar-refractivity contribution in [1.82, 2.24) is 9.21 Å². The number of benzene rings is 3. The van der Waals surface area contributed by atoms with Crippen LogP contribution in [0.25, 0.3) is 11.1 Å². The molecule has 5 rings (SSSR count). The minimum atomic E-state index is -3.60. The van der Waals surface area contributed by atoms with Crippen LogP contribution < -0.4 is 0 Å². The zero-order chi connectivity index (χ0) is 26.2. The first-order valence-electron chi connectivity index (χ1n) is 13.0. The number of nitrogens with zero attached hydrogens (tertiary/aromatic N) is 2. The maximum Gasteiger partial charge on any atom is 0.243 e. The molecular weight excluding hydrogens is 487 g/mol. The molecule has 3 atom stereocenters. The standard InChI is InChI=1S/C30H35FN2O3S/c1-21-8-4-5-9-29(21)37(34,35)32-16-6-7-17-33-27(19-32)30(28(33)20-36-3)24-12-10-23(11-13-24)26-15-14-25(31)18-22(26)2/h4-5,8-15,18,27-28,30H,6-7,16-17,19-20H2,1-3H3/t27-,28?,30-/m0/s1. The van der Waals surface area contributed by atoms with Crippen molar-refractivity contribution in [2.45, 2.75) is 49.6 Å². The van der Waals surface area contributed by atoms with Crippen molar-refractivity contribution in [3.63, 3.8) is 0 Å². The van der Waals surface area contributed by atoms with Crippen molar-refractivity contribution in [1.29, 1.82) is 0 Å². The van der Waals surface area contributed by atoms with Gasteiger partial charge in [-0.3, -0.25) is 4.90 Å². The minimum Gasteiger partial charge on any atom is -0.383 e. The SMILES string of the molecule is COCC1[C@@H](c2ccc(-c3ccc(F)cc3C)cc2)[C@@H]2CN(S(=O)(=O)c3ccccc3C)CCCCN12. The third-order valence-corrected chi connectivity index (χ3v) is 10.0. The molecule has 0 aromatic heterocycles. The summed E-state index contributed by atoms with van der Waals surface area (Å²) in [6.07, 6.45) is 1.79. The lowest BCUT2D eigenvalue weighted by Gasteiger charge is -2.57. The number of hydrogen-bond acceptors (Lipinski definition) is 4. The van der Waals surface area contributed by atoms with E-state index in [0.717, 1.165) is 41.6 Å². The van der Waals surface area contributed by atoms with Crippen LogP contribution in [0.3, 0.4) is 0 Å². The van der Waals surface area contributed by atoms with Crippen molar-refractivity contribution in [2.75, 3.05) is 33.4 Å². The summed E-state index contributed by atoms with van der Waals surface area (Å²) in [6.45, 7) is 6.31. The molecule has 0 N–H and O–H groups in total. The van der Waals surface area contributed by atoms with E-state index >= 15 is 0 Å². The second kappa shape index (κ2) is 10.7. The first kappa shape index (κ1) is 26.0. The van der Waals surface area contributed by atoms with Crippen LogP contribution in [0, 0.1) is 19.7 Å². The summed E-state index contributed by atoms with van der Waals surface area (Å²) in [5.74, 6) is -0.0692. The van der Waals surface area contributed by atoms with Crippen LogP contribution in [0.2, 0.25) is 0 Å². The molecule has 2 heterocycles. The molecule has 196 valence electrons. The lowest BCUT2D eigenvalue weighted by atomic mass is 9.74. The van der Waals surface area contributed by atoms with Gasteiger partial charge in [0.05, 0.1) is 11.5 Å². The lowest BCUT2D eigenvalue weighted by Crippen LogP contribution is -2.68. The summed E-state index contributed by atoms with van der Waals surface area (Å²) in [4.78, 5) is 2.83. The molecule has 2 fully saturated rings. The molecule has 3 aromatic carbocycles. The highest BCUT2D eigenvalue weighted by Gasteiger charge is 2.50. The number of halogens is 1. The average Bonchev–Trinajstić information content (AvgIpc) is 2.85. The van der Waals surface area contributed by atoms with Gasteiger partial charge in [-0.2, -0.15) is 4.31 Å². The Labute approximate surface area is 219 Å². The fraction of sp³-hybridized carbons (Fsp3) is 0.400. The van der Waals surface area contributed by atoms with Crippen LogP contribution in [0.5, 0.6) is 0 Å². The lowest BCUT2D eigenvalue weighted by molar-refractivity contribution is -0.0635. The van der Waals surface area contributed by atoms with Gasteiger partial charge >= 0.3 is 0 Å². The van der Waals surface area contributed by atoms with Crippen LogP contribution in [-0.2, 0) is 14.8 Å². The van der Waals surface area contributed by atoms with E-state index in [9.17, 15) is 12.8 Å². The van der Waals surface area contributed by atoms with E-state index in [-0.39, 0.29) is 23.8 Å². The van der Waals surface area contributed by atoms with Gasteiger partial charge in [-0.05, 0) is 79.3 Å². The third-order valence-electron chi connectivity index (χ3n) is 7.99. The number of fused-ring (bicyclic) bond motifs is 1. The summed E-state index contributed by atoms with van der Waals surface area (Å²) in [6, 6.07) is 20.8. The molecule has 2 aliphatic rings. The molecule has 37 heavy (non-hydrogen) atoms. The molecular formula is C30H35FN2O3S. The van der Waals surface area contributed by atoms with Crippen LogP contribution in [0.15, 0.2) is 71.6 Å². The Morgan fingerprint density at radius 3 is 2.38 bits per heavy atom. The quantitative estimate of drug-likeness (QED) is 0.436. The van der Waals surface area contributed by atoms with Gasteiger partial charge in [0.25, 0.3) is 0 Å². The predicted molar refractivity (Wildman–Crippen MR) is 145 cm³/mol. The predicted octanol–water partition coefficient (Wildman–Crippen LogP) is 5.38. The highest BCUT2D eigenvalue weighted by Crippen LogP contribution is 2.43. The molecule has 1 unspecified atom stereocenters. The van der Waals surface area contributed by atoms with Gasteiger partial charge in [-0.1, -0.05) is 48.5 Å². The summed E-state index contributed by atoms with van der Waals surface area (Å²) in [5, 5.41) is 0. The fourth-order valence-electron chi connectivity index (χ4n) is 6.10. The van der Waals surface area contributed by atoms with E-state index < -0.39 is 10.0 Å². The van der Waals surface area contributed by atoms with Crippen molar-refractivity contribution in [2.24, 2.45) is 0 Å². The van der Waals surface area contributed by atoms with E-state index in [4.69, 9.17) is 4.74 Å². The number of sulfonamides is 1. The molecule has 5 nitrogen and oxygen atoms in total. The van der Waals surface area contributed by atoms with Crippen molar-refractivity contribution < 1.29 is 17.5 Å². The van der Waals surface area contributed by atoms with Gasteiger partial charge in [-0.15, -0.1) is 0 Å². The number of hydrogen-bond donors (Lipinski definition) is 0.